The van der Waals surface area contributed by atoms with Crippen LogP contribution in [0, 0.1) is 12.3 Å². The number of anilines is 1. The molecule has 0 unspecified atom stereocenters. The molecule has 2 aliphatic rings. The second-order valence-corrected chi connectivity index (χ2v) is 9.97. The number of aromatic nitrogens is 2. The molecular weight excluding hydrogens is 429 g/mol. The Labute approximate surface area is 191 Å². The molecule has 2 heterocycles. The predicted molar refractivity (Wildman–Crippen MR) is 125 cm³/mol. The van der Waals surface area contributed by atoms with Crippen LogP contribution in [-0.2, 0) is 4.79 Å². The largest absolute Gasteiger partial charge is 0.343 e. The molecule has 0 saturated heterocycles. The maximum atomic E-state index is 13.4. The van der Waals surface area contributed by atoms with Crippen molar-refractivity contribution in [2.75, 3.05) is 5.32 Å². The number of nitrogens with one attached hydrogen (secondary N) is 1. The number of benzene rings is 2. The lowest BCUT2D eigenvalue weighted by molar-refractivity contribution is -0.118. The summed E-state index contributed by atoms with van der Waals surface area (Å²) in [5, 5.41) is 9.44. The molecule has 31 heavy (non-hydrogen) atoms. The molecular formula is C25H23Cl2N3O. The molecule has 1 aliphatic heterocycles. The summed E-state index contributed by atoms with van der Waals surface area (Å²) in [4.78, 5) is 13.4. The van der Waals surface area contributed by atoms with Crippen molar-refractivity contribution >= 4 is 34.8 Å². The highest BCUT2D eigenvalue weighted by Gasteiger charge is 2.43. The highest BCUT2D eigenvalue weighted by atomic mass is 35.5. The van der Waals surface area contributed by atoms with E-state index in [1.165, 1.54) is 0 Å². The van der Waals surface area contributed by atoms with Crippen LogP contribution in [0.3, 0.4) is 0 Å². The van der Waals surface area contributed by atoms with Crippen LogP contribution in [-0.4, -0.2) is 15.6 Å². The number of fused-ring (bicyclic) bond motifs is 1. The Morgan fingerprint density at radius 2 is 1.81 bits per heavy atom. The van der Waals surface area contributed by atoms with Crippen LogP contribution in [0.15, 0.2) is 59.8 Å². The molecule has 1 N–H and O–H groups in total. The SMILES string of the molecule is Cc1nn(-c2ccccc2)c2c1[C@H](c1ccc(Cl)c(Cl)c1)C1=C(CC(C)(C)CC1=O)N2. The van der Waals surface area contributed by atoms with Crippen molar-refractivity contribution in [2.45, 2.75) is 39.5 Å². The number of aryl methyl sites for hydroxylation is 1. The summed E-state index contributed by atoms with van der Waals surface area (Å²) >= 11 is 12.6. The van der Waals surface area contributed by atoms with Crippen LogP contribution in [0.2, 0.25) is 10.0 Å². The number of hydrogen-bond acceptors (Lipinski definition) is 3. The fourth-order valence-corrected chi connectivity index (χ4v) is 5.16. The standard InChI is InChI=1S/C25H23Cl2N3O/c1-14-21-22(15-9-10-17(26)18(27)11-15)23-19(12-25(2,3)13-20(23)31)28-24(21)30(29-14)16-7-5-4-6-8-16/h4-11,22,28H,12-13H2,1-3H3/t22-/m0/s1. The minimum absolute atomic E-state index is 0.102. The first-order chi connectivity index (χ1) is 14.7. The number of nitrogens with zero attached hydrogens (tertiary/aromatic N) is 2. The second kappa shape index (κ2) is 7.25. The van der Waals surface area contributed by atoms with E-state index in [-0.39, 0.29) is 17.1 Å². The molecule has 0 bridgehead atoms. The van der Waals surface area contributed by atoms with Crippen LogP contribution in [0.1, 0.15) is 49.4 Å². The second-order valence-electron chi connectivity index (χ2n) is 9.16. The maximum absolute atomic E-state index is 13.4. The normalized spacial score (nSPS) is 19.6. The summed E-state index contributed by atoms with van der Waals surface area (Å²) in [6.45, 7) is 6.27. The zero-order valence-corrected chi connectivity index (χ0v) is 19.2. The molecule has 1 aliphatic carbocycles. The topological polar surface area (TPSA) is 46.9 Å². The lowest BCUT2D eigenvalue weighted by Crippen LogP contribution is -2.34. The summed E-state index contributed by atoms with van der Waals surface area (Å²) in [7, 11) is 0. The lowest BCUT2D eigenvalue weighted by atomic mass is 9.69. The number of hydrogen-bond donors (Lipinski definition) is 1. The number of allylic oxidation sites excluding steroid dienone is 2. The van der Waals surface area contributed by atoms with Crippen LogP contribution in [0.5, 0.6) is 0 Å². The first-order valence-electron chi connectivity index (χ1n) is 10.4. The molecule has 2 aromatic carbocycles. The van der Waals surface area contributed by atoms with Gasteiger partial charge in [0.1, 0.15) is 5.82 Å². The molecule has 1 atom stereocenters. The van der Waals surface area contributed by atoms with E-state index in [0.29, 0.717) is 16.5 Å². The number of rotatable bonds is 2. The van der Waals surface area contributed by atoms with E-state index < -0.39 is 0 Å². The smallest absolute Gasteiger partial charge is 0.162 e. The van der Waals surface area contributed by atoms with E-state index >= 15 is 0 Å². The molecule has 0 saturated carbocycles. The van der Waals surface area contributed by atoms with Gasteiger partial charge in [-0.25, -0.2) is 4.68 Å². The molecule has 6 heteroatoms. The van der Waals surface area contributed by atoms with Gasteiger partial charge in [0.2, 0.25) is 0 Å². The van der Waals surface area contributed by atoms with Crippen LogP contribution in [0.4, 0.5) is 5.82 Å². The first-order valence-corrected chi connectivity index (χ1v) is 11.1. The van der Waals surface area contributed by atoms with Gasteiger partial charge in [0.25, 0.3) is 0 Å². The maximum Gasteiger partial charge on any atom is 0.162 e. The van der Waals surface area contributed by atoms with Crippen molar-refractivity contribution in [1.29, 1.82) is 0 Å². The lowest BCUT2D eigenvalue weighted by Gasteiger charge is -2.38. The summed E-state index contributed by atoms with van der Waals surface area (Å²) in [5.74, 6) is 0.846. The monoisotopic (exact) mass is 451 g/mol. The molecule has 158 valence electrons. The molecule has 0 spiro atoms. The minimum atomic E-state index is -0.234. The van der Waals surface area contributed by atoms with Gasteiger partial charge in [0.15, 0.2) is 5.78 Å². The van der Waals surface area contributed by atoms with Crippen molar-refractivity contribution in [1.82, 2.24) is 9.78 Å². The third kappa shape index (κ3) is 3.38. The van der Waals surface area contributed by atoms with E-state index in [2.05, 4.69) is 19.2 Å². The van der Waals surface area contributed by atoms with E-state index in [0.717, 1.165) is 46.0 Å². The highest BCUT2D eigenvalue weighted by Crippen LogP contribution is 2.50. The zero-order chi connectivity index (χ0) is 21.9. The number of carbonyl (C=O) groups is 1. The predicted octanol–water partition coefficient (Wildman–Crippen LogP) is 6.69. The highest BCUT2D eigenvalue weighted by molar-refractivity contribution is 6.42. The van der Waals surface area contributed by atoms with Gasteiger partial charge in [-0.2, -0.15) is 5.10 Å². The summed E-state index contributed by atoms with van der Waals surface area (Å²) in [6.07, 6.45) is 1.32. The molecule has 1 aromatic heterocycles. The Morgan fingerprint density at radius 3 is 2.52 bits per heavy atom. The average Bonchev–Trinajstić information content (AvgIpc) is 3.04. The van der Waals surface area contributed by atoms with Crippen molar-refractivity contribution < 1.29 is 4.79 Å². The Bertz CT molecular complexity index is 1240. The van der Waals surface area contributed by atoms with E-state index in [1.807, 2.05) is 54.1 Å². The van der Waals surface area contributed by atoms with Crippen molar-refractivity contribution in [3.05, 3.63) is 86.7 Å². The van der Waals surface area contributed by atoms with Gasteiger partial charge in [-0.3, -0.25) is 4.79 Å². The summed E-state index contributed by atoms with van der Waals surface area (Å²) in [5.41, 5.74) is 5.50. The molecule has 0 fully saturated rings. The van der Waals surface area contributed by atoms with Gasteiger partial charge >= 0.3 is 0 Å². The Hall–Kier alpha value is -2.56. The van der Waals surface area contributed by atoms with Crippen LogP contribution >= 0.6 is 23.2 Å². The fourth-order valence-electron chi connectivity index (χ4n) is 4.85. The number of carbonyl (C=O) groups excluding carboxylic acids is 1. The minimum Gasteiger partial charge on any atom is -0.343 e. The number of halogens is 2. The molecule has 5 rings (SSSR count). The Morgan fingerprint density at radius 1 is 1.06 bits per heavy atom. The third-order valence-corrected chi connectivity index (χ3v) is 6.89. The van der Waals surface area contributed by atoms with Crippen molar-refractivity contribution in [3.63, 3.8) is 0 Å². The van der Waals surface area contributed by atoms with Gasteiger partial charge in [-0.1, -0.05) is 61.3 Å². The van der Waals surface area contributed by atoms with Crippen molar-refractivity contribution in [2.24, 2.45) is 5.41 Å². The Kier molecular flexibility index (Phi) is 4.76. The van der Waals surface area contributed by atoms with Crippen molar-refractivity contribution in [3.8, 4) is 5.69 Å². The molecule has 3 aromatic rings. The number of Topliss-reactive ketones (excluding diaryl/α,β-unsaturated/α-hetero) is 1. The van der Waals surface area contributed by atoms with Gasteiger partial charge in [-0.05, 0) is 48.6 Å². The summed E-state index contributed by atoms with van der Waals surface area (Å²) in [6, 6.07) is 15.7. The van der Waals surface area contributed by atoms with Gasteiger partial charge in [0.05, 0.1) is 21.4 Å². The quantitative estimate of drug-likeness (QED) is 0.471. The van der Waals surface area contributed by atoms with E-state index in [9.17, 15) is 4.79 Å². The van der Waals surface area contributed by atoms with E-state index in [1.54, 1.807) is 6.07 Å². The number of para-hydroxylation sites is 1. The third-order valence-electron chi connectivity index (χ3n) is 6.15. The zero-order valence-electron chi connectivity index (χ0n) is 17.7. The van der Waals surface area contributed by atoms with Crippen LogP contribution in [0.25, 0.3) is 5.69 Å². The van der Waals surface area contributed by atoms with E-state index in [4.69, 9.17) is 28.3 Å². The average molecular weight is 452 g/mol. The van der Waals surface area contributed by atoms with Gasteiger partial charge < -0.3 is 5.32 Å². The molecule has 4 nitrogen and oxygen atoms in total. The first kappa shape index (κ1) is 20.3. The number of ketones is 1. The van der Waals surface area contributed by atoms with Gasteiger partial charge in [-0.15, -0.1) is 0 Å². The molecule has 0 amide bonds. The fraction of sp³-hybridized carbons (Fsp3) is 0.280. The van der Waals surface area contributed by atoms with Gasteiger partial charge in [0, 0.05) is 29.2 Å². The summed E-state index contributed by atoms with van der Waals surface area (Å²) < 4.78 is 1.94. The Balaban J connectivity index is 1.77. The van der Waals surface area contributed by atoms with Crippen LogP contribution < -0.4 is 5.32 Å². The molecule has 0 radical (unpaired) electrons.